The second-order valence-electron chi connectivity index (χ2n) is 8.05. The van der Waals surface area contributed by atoms with Gasteiger partial charge < -0.3 is 15.0 Å². The van der Waals surface area contributed by atoms with Crippen LogP contribution >= 0.6 is 0 Å². The highest BCUT2D eigenvalue weighted by Gasteiger charge is 2.35. The minimum Gasteiger partial charge on any atom is -0.379 e. The normalized spacial score (nSPS) is 19.7. The number of hydrogen-bond acceptors (Lipinski definition) is 4. The van der Waals surface area contributed by atoms with Crippen LogP contribution in [0.4, 0.5) is 0 Å². The van der Waals surface area contributed by atoms with Gasteiger partial charge in [0.05, 0.1) is 18.7 Å². The van der Waals surface area contributed by atoms with E-state index in [1.807, 2.05) is 35.8 Å². The van der Waals surface area contributed by atoms with Gasteiger partial charge in [-0.1, -0.05) is 24.3 Å². The topological polar surface area (TPSA) is 61.9 Å². The first-order valence-corrected chi connectivity index (χ1v) is 10.5. The van der Waals surface area contributed by atoms with Gasteiger partial charge in [0.1, 0.15) is 0 Å². The molecule has 0 radical (unpaired) electrons. The van der Waals surface area contributed by atoms with Gasteiger partial charge in [-0.15, -0.1) is 0 Å². The molecule has 2 aliphatic heterocycles. The van der Waals surface area contributed by atoms with Crippen molar-refractivity contribution in [1.82, 2.24) is 15.1 Å². The summed E-state index contributed by atoms with van der Waals surface area (Å²) >= 11 is 0. The Labute approximate surface area is 168 Å². The number of nitrogens with one attached hydrogen (secondary N) is 1. The molecule has 0 bridgehead atoms. The summed E-state index contributed by atoms with van der Waals surface area (Å²) in [6.45, 7) is 7.83. The molecule has 154 valence electrons. The van der Waals surface area contributed by atoms with Gasteiger partial charge in [0.15, 0.2) is 0 Å². The van der Waals surface area contributed by atoms with Gasteiger partial charge in [-0.3, -0.25) is 14.5 Å². The molecule has 6 nitrogen and oxygen atoms in total. The second-order valence-corrected chi connectivity index (χ2v) is 8.05. The Balaban J connectivity index is 1.59. The Morgan fingerprint density at radius 2 is 1.89 bits per heavy atom. The quantitative estimate of drug-likeness (QED) is 0.693. The average molecular weight is 388 g/mol. The first-order valence-electron chi connectivity index (χ1n) is 10.5. The van der Waals surface area contributed by atoms with Crippen LogP contribution < -0.4 is 5.32 Å². The minimum absolute atomic E-state index is 0.0249. The van der Waals surface area contributed by atoms with Crippen LogP contribution in [0.1, 0.15) is 44.2 Å². The predicted octanol–water partition coefficient (Wildman–Crippen LogP) is 1.97. The fourth-order valence-corrected chi connectivity index (χ4v) is 3.99. The predicted molar refractivity (Wildman–Crippen MR) is 109 cm³/mol. The molecule has 2 amide bonds. The molecule has 1 fully saturated rings. The molecule has 1 N–H and O–H groups in total. The van der Waals surface area contributed by atoms with Crippen LogP contribution in [0.5, 0.6) is 0 Å². The number of ether oxygens (including phenoxy) is 1. The number of fused-ring (bicyclic) bond motifs is 1. The van der Waals surface area contributed by atoms with Gasteiger partial charge in [0, 0.05) is 32.8 Å². The lowest BCUT2D eigenvalue weighted by Gasteiger charge is -2.37. The highest BCUT2D eigenvalue weighted by Crippen LogP contribution is 2.25. The molecule has 1 unspecified atom stereocenters. The van der Waals surface area contributed by atoms with Crippen molar-refractivity contribution in [2.45, 2.75) is 58.2 Å². The Bertz CT molecular complexity index is 671. The number of carbonyl (C=O) groups excluding carboxylic acids is 2. The number of hydrogen-bond donors (Lipinski definition) is 1. The van der Waals surface area contributed by atoms with Crippen molar-refractivity contribution in [2.75, 3.05) is 32.8 Å². The third-order valence-corrected chi connectivity index (χ3v) is 5.49. The van der Waals surface area contributed by atoms with Crippen molar-refractivity contribution in [3.8, 4) is 0 Å². The molecule has 6 heteroatoms. The Kier molecular flexibility index (Phi) is 7.45. The summed E-state index contributed by atoms with van der Waals surface area (Å²) in [5, 5.41) is 2.97. The monoisotopic (exact) mass is 387 g/mol. The Hall–Kier alpha value is -1.92. The SMILES string of the molecule is CC(C)OCCCNC(=O)CN1Cc2ccccc2CC1C(=O)N1CCCC1. The summed E-state index contributed by atoms with van der Waals surface area (Å²) in [4.78, 5) is 29.6. The highest BCUT2D eigenvalue weighted by molar-refractivity contribution is 5.84. The second kappa shape index (κ2) is 10.0. The average Bonchev–Trinajstić information content (AvgIpc) is 3.21. The molecule has 0 spiro atoms. The maximum absolute atomic E-state index is 13.1. The zero-order chi connectivity index (χ0) is 19.9. The number of nitrogens with zero attached hydrogens (tertiary/aromatic N) is 2. The standard InChI is InChI=1S/C22H33N3O3/c1-17(2)28-13-7-10-23-21(26)16-25-15-19-9-4-3-8-18(19)14-20(25)22(27)24-11-5-6-12-24/h3-4,8-9,17,20H,5-7,10-16H2,1-2H3,(H,23,26). The molecule has 2 aliphatic rings. The minimum atomic E-state index is -0.247. The number of likely N-dealkylation sites (tertiary alicyclic amines) is 1. The molecule has 1 aromatic carbocycles. The molecule has 1 aromatic rings. The van der Waals surface area contributed by atoms with E-state index in [9.17, 15) is 9.59 Å². The van der Waals surface area contributed by atoms with Crippen LogP contribution in [0.3, 0.4) is 0 Å². The van der Waals surface area contributed by atoms with Crippen LogP contribution in [0.15, 0.2) is 24.3 Å². The molecule has 0 saturated carbocycles. The summed E-state index contributed by atoms with van der Waals surface area (Å²) in [6.07, 6.45) is 3.84. The molecular formula is C22H33N3O3. The first-order chi connectivity index (χ1) is 13.5. The molecule has 2 heterocycles. The van der Waals surface area contributed by atoms with E-state index in [1.165, 1.54) is 11.1 Å². The molecular weight excluding hydrogens is 354 g/mol. The molecule has 1 saturated heterocycles. The van der Waals surface area contributed by atoms with E-state index in [1.54, 1.807) is 0 Å². The number of rotatable bonds is 8. The van der Waals surface area contributed by atoms with Crippen LogP contribution in [0, 0.1) is 0 Å². The van der Waals surface area contributed by atoms with Crippen LogP contribution in [-0.2, 0) is 27.3 Å². The zero-order valence-electron chi connectivity index (χ0n) is 17.2. The lowest BCUT2D eigenvalue weighted by molar-refractivity contribution is -0.137. The molecule has 28 heavy (non-hydrogen) atoms. The van der Waals surface area contributed by atoms with Crippen LogP contribution in [0.2, 0.25) is 0 Å². The van der Waals surface area contributed by atoms with E-state index in [-0.39, 0.29) is 30.5 Å². The molecule has 0 aliphatic carbocycles. The van der Waals surface area contributed by atoms with Crippen molar-refractivity contribution in [3.63, 3.8) is 0 Å². The Morgan fingerprint density at radius 3 is 2.61 bits per heavy atom. The summed E-state index contributed by atoms with van der Waals surface area (Å²) in [7, 11) is 0. The number of carbonyl (C=O) groups is 2. The molecule has 1 atom stereocenters. The summed E-state index contributed by atoms with van der Waals surface area (Å²) < 4.78 is 5.51. The maximum Gasteiger partial charge on any atom is 0.240 e. The molecule has 0 aromatic heterocycles. The van der Waals surface area contributed by atoms with Crippen molar-refractivity contribution < 1.29 is 14.3 Å². The Morgan fingerprint density at radius 1 is 1.18 bits per heavy atom. The van der Waals surface area contributed by atoms with E-state index in [2.05, 4.69) is 17.4 Å². The number of amides is 2. The highest BCUT2D eigenvalue weighted by atomic mass is 16.5. The van der Waals surface area contributed by atoms with Gasteiger partial charge >= 0.3 is 0 Å². The van der Waals surface area contributed by atoms with Crippen molar-refractivity contribution in [3.05, 3.63) is 35.4 Å². The van der Waals surface area contributed by atoms with Crippen molar-refractivity contribution in [1.29, 1.82) is 0 Å². The van der Waals surface area contributed by atoms with E-state index < -0.39 is 0 Å². The van der Waals surface area contributed by atoms with Gasteiger partial charge in [-0.2, -0.15) is 0 Å². The van der Waals surface area contributed by atoms with Crippen molar-refractivity contribution >= 4 is 11.8 Å². The largest absolute Gasteiger partial charge is 0.379 e. The first kappa shape index (κ1) is 20.8. The van der Waals surface area contributed by atoms with Gasteiger partial charge in [0.2, 0.25) is 11.8 Å². The fraction of sp³-hybridized carbons (Fsp3) is 0.636. The van der Waals surface area contributed by atoms with E-state index in [4.69, 9.17) is 4.74 Å². The summed E-state index contributed by atoms with van der Waals surface area (Å²) in [5.74, 6) is 0.147. The van der Waals surface area contributed by atoms with E-state index >= 15 is 0 Å². The van der Waals surface area contributed by atoms with Gasteiger partial charge in [-0.25, -0.2) is 0 Å². The summed E-state index contributed by atoms with van der Waals surface area (Å²) in [5.41, 5.74) is 2.44. The van der Waals surface area contributed by atoms with E-state index in [0.717, 1.165) is 32.4 Å². The van der Waals surface area contributed by atoms with E-state index in [0.29, 0.717) is 26.1 Å². The van der Waals surface area contributed by atoms with Gasteiger partial charge in [0.25, 0.3) is 0 Å². The lowest BCUT2D eigenvalue weighted by atomic mass is 9.93. The zero-order valence-corrected chi connectivity index (χ0v) is 17.2. The maximum atomic E-state index is 13.1. The smallest absolute Gasteiger partial charge is 0.240 e. The molecule has 3 rings (SSSR count). The van der Waals surface area contributed by atoms with Crippen LogP contribution in [0.25, 0.3) is 0 Å². The van der Waals surface area contributed by atoms with Gasteiger partial charge in [-0.05, 0) is 50.7 Å². The van der Waals surface area contributed by atoms with Crippen LogP contribution in [-0.4, -0.2) is 66.5 Å². The van der Waals surface area contributed by atoms with Crippen molar-refractivity contribution in [2.24, 2.45) is 0 Å². The third kappa shape index (κ3) is 5.55. The fourth-order valence-electron chi connectivity index (χ4n) is 3.99. The lowest BCUT2D eigenvalue weighted by Crippen LogP contribution is -2.53. The third-order valence-electron chi connectivity index (χ3n) is 5.49. The number of benzene rings is 1. The summed E-state index contributed by atoms with van der Waals surface area (Å²) in [6, 6.07) is 8.00.